The topological polar surface area (TPSA) is 558 Å². The molecule has 0 spiro atoms. The fourth-order valence-electron chi connectivity index (χ4n) is 16.5. The lowest BCUT2D eigenvalue weighted by atomic mass is 9.98. The van der Waals surface area contributed by atoms with Gasteiger partial charge in [0.1, 0.15) is 40.3 Å². The number of hydroxylamine groups is 5. The van der Waals surface area contributed by atoms with Gasteiger partial charge in [-0.25, -0.2) is 64.0 Å². The average Bonchev–Trinajstić information content (AvgIpc) is 1.20. The number of halogens is 4. The molecule has 49 heteroatoms. The Morgan fingerprint density at radius 3 is 0.966 bits per heavy atom. The molecule has 147 heavy (non-hydrogen) atoms. The lowest BCUT2D eigenvalue weighted by Gasteiger charge is -2.36. The molecule has 7 N–H and O–H groups in total. The highest BCUT2D eigenvalue weighted by atomic mass is 35.5. The fraction of sp³-hybridized carbons (Fsp3) is 0.388. The molecule has 4 amide bonds. The van der Waals surface area contributed by atoms with Gasteiger partial charge in [0.15, 0.2) is 58.3 Å². The standard InChI is InChI=1S/C26H31N3O7S.C25H28F2N4O7S.C24H26ClN3O7S.C23H24ClN3O7S/c1-18(2)19-5-7-20(8-6-19)24-28-27-23(36-24)4-3-15-35-21-9-11-22(12-10-21)37(32,33)26(25(30)29-31)13-16-34-17-14-26;1-31(2)22-19(26)14-16(15-20(22)27)23-28-21(38-30-23)4-3-11-37-17-5-7-18(8-6-17)39(34,35)25(24(32)29-33)9-12-36-13-10-25;1-28(30)23(29)24(12-15-33-16-13-24)36(31,32)20-10-8-19(9-11-20)34-14-2-3-21-26-22(27-35-21)17-4-6-18(25)7-5-17;24-17-5-3-16(4-6-17)21-26-25-20(34-21)2-1-13-33-18-7-9-19(10-8-18)35(30,31)23(22(28)27-29)11-14-32-15-12-23/h5-12,18,31H,3-4,13-17H2,1-2H3,(H,29,30);5-8,14-15,33H,3-4,9-13H2,1-2H3,(H,29,32);4-11,30H,2-3,12-16H2,1H3;3-10,29H,1-2,11-15H2,(H,27,28). The molecule has 0 atom stereocenters. The van der Waals surface area contributed by atoms with Crippen molar-refractivity contribution in [3.8, 4) is 68.7 Å². The van der Waals surface area contributed by atoms with E-state index in [0.717, 1.165) is 35.9 Å². The lowest BCUT2D eigenvalue weighted by Crippen LogP contribution is -2.55. The number of ether oxygens (including phenoxy) is 8. The maximum absolute atomic E-state index is 14.3. The molecule has 12 aromatic rings. The Labute approximate surface area is 854 Å². The number of carbonyl (C=O) groups excluding carboxylic acids is 4. The minimum absolute atomic E-state index is 0.0208. The first kappa shape index (κ1) is 111. The van der Waals surface area contributed by atoms with E-state index in [2.05, 4.69) is 66.7 Å². The summed E-state index contributed by atoms with van der Waals surface area (Å²) in [6.07, 6.45) is 3.76. The first-order valence-electron chi connectivity index (χ1n) is 46.5. The predicted octanol–water partition coefficient (Wildman–Crippen LogP) is 13.4. The first-order chi connectivity index (χ1) is 70.4. The van der Waals surface area contributed by atoms with E-state index in [0.29, 0.717) is 150 Å². The van der Waals surface area contributed by atoms with Gasteiger partial charge in [-0.15, -0.1) is 20.4 Å². The molecule has 786 valence electrons. The van der Waals surface area contributed by atoms with Crippen LogP contribution in [0.1, 0.15) is 126 Å². The Morgan fingerprint density at radius 1 is 0.395 bits per heavy atom. The number of benzene rings is 8. The number of anilines is 1. The van der Waals surface area contributed by atoms with Crippen molar-refractivity contribution in [1.82, 2.24) is 62.2 Å². The number of carbonyl (C=O) groups is 4. The van der Waals surface area contributed by atoms with Crippen molar-refractivity contribution >= 4 is 91.9 Å². The molecule has 0 aliphatic carbocycles. The maximum Gasteiger partial charge on any atom is 0.267 e. The van der Waals surface area contributed by atoms with Crippen molar-refractivity contribution in [2.45, 2.75) is 161 Å². The second kappa shape index (κ2) is 50.2. The third-order valence-corrected chi connectivity index (χ3v) is 35.4. The molecule has 41 nitrogen and oxygen atoms in total. The molecule has 0 radical (unpaired) electrons. The van der Waals surface area contributed by atoms with E-state index in [9.17, 15) is 66.8 Å². The van der Waals surface area contributed by atoms with E-state index < -0.39 is 93.6 Å². The quantitative estimate of drug-likeness (QED) is 0.0107. The number of sulfone groups is 4. The van der Waals surface area contributed by atoms with Crippen LogP contribution < -0.4 is 40.3 Å². The zero-order valence-electron chi connectivity index (χ0n) is 80.4. The van der Waals surface area contributed by atoms with Gasteiger partial charge in [-0.3, -0.25) is 40.0 Å². The van der Waals surface area contributed by atoms with Crippen LogP contribution in [0.2, 0.25) is 10.0 Å². The van der Waals surface area contributed by atoms with Gasteiger partial charge in [0, 0.05) is 132 Å². The number of aryl methyl sites for hydroxylation is 4. The number of nitrogens with one attached hydrogen (secondary N) is 3. The largest absolute Gasteiger partial charge is 0.494 e. The zero-order chi connectivity index (χ0) is 105. The molecule has 0 bridgehead atoms. The van der Waals surface area contributed by atoms with E-state index in [4.69, 9.17) is 94.6 Å². The molecule has 4 aliphatic rings. The summed E-state index contributed by atoms with van der Waals surface area (Å²) in [6.45, 7) is 6.38. The summed E-state index contributed by atoms with van der Waals surface area (Å²) >= 11 is 11.8. The number of rotatable bonds is 38. The van der Waals surface area contributed by atoms with Crippen molar-refractivity contribution in [3.63, 3.8) is 0 Å². The highest BCUT2D eigenvalue weighted by molar-refractivity contribution is 7.94. The van der Waals surface area contributed by atoms with Crippen LogP contribution in [-0.4, -0.2) is 243 Å². The van der Waals surface area contributed by atoms with Gasteiger partial charge in [0.05, 0.1) is 46.0 Å². The summed E-state index contributed by atoms with van der Waals surface area (Å²) < 4.78 is 194. The molecule has 4 aromatic heterocycles. The van der Waals surface area contributed by atoms with Crippen LogP contribution in [0.4, 0.5) is 14.5 Å². The molecule has 8 heterocycles. The van der Waals surface area contributed by atoms with Crippen LogP contribution in [0.3, 0.4) is 0 Å². The van der Waals surface area contributed by atoms with E-state index in [1.807, 2.05) is 24.3 Å². The Morgan fingerprint density at radius 2 is 0.673 bits per heavy atom. The number of amides is 4. The molecule has 0 unspecified atom stereocenters. The van der Waals surface area contributed by atoms with Crippen LogP contribution >= 0.6 is 23.2 Å². The van der Waals surface area contributed by atoms with Crippen LogP contribution in [0.15, 0.2) is 219 Å². The van der Waals surface area contributed by atoms with E-state index in [1.165, 1.54) is 114 Å². The molecule has 4 aliphatic heterocycles. The van der Waals surface area contributed by atoms with Crippen LogP contribution in [0.25, 0.3) is 45.7 Å². The Bertz CT molecular complexity index is 6890. The number of aromatic nitrogens is 8. The zero-order valence-corrected chi connectivity index (χ0v) is 85.2. The SMILES string of the molecule is CC(C)c1ccc(-c2nnc(CCCOc3ccc(S(=O)(=O)C4(C(=O)NO)CCOCC4)cc3)o2)cc1.CN(C)c1c(F)cc(-c2noc(CCCOc3ccc(S(=O)(=O)C4(C(=O)NO)CCOCC4)cc3)n2)cc1F.CN(O)C(=O)C1(S(=O)(=O)c2ccc(OCCCc3nc(-c4ccc(Cl)cc4)no3)cc2)CCOCC1.O=C(NO)C1(S(=O)(=O)c2ccc(OCCCc3nnc(-c4ccc(Cl)cc4)o3)cc2)CCOCC1. The van der Waals surface area contributed by atoms with Gasteiger partial charge >= 0.3 is 0 Å². The summed E-state index contributed by atoms with van der Waals surface area (Å²) in [5.74, 6) is 0.187. The van der Waals surface area contributed by atoms with Crippen LogP contribution in [0, 0.1) is 11.6 Å². The van der Waals surface area contributed by atoms with Gasteiger partial charge in [-0.05, 0) is 258 Å². The summed E-state index contributed by atoms with van der Waals surface area (Å²) in [7, 11) is -12.2. The van der Waals surface area contributed by atoms with Gasteiger partial charge in [0.2, 0.25) is 47.0 Å². The van der Waals surface area contributed by atoms with Crippen LogP contribution in [0.5, 0.6) is 23.0 Å². The lowest BCUT2D eigenvalue weighted by molar-refractivity contribution is -0.165. The normalized spacial score (nSPS) is 15.4. The van der Waals surface area contributed by atoms with Crippen molar-refractivity contribution in [3.05, 3.63) is 233 Å². The first-order valence-corrected chi connectivity index (χ1v) is 53.2. The van der Waals surface area contributed by atoms with Crippen molar-refractivity contribution < 1.29 is 138 Å². The van der Waals surface area contributed by atoms with Gasteiger partial charge in [0.25, 0.3) is 23.6 Å². The van der Waals surface area contributed by atoms with E-state index >= 15 is 0 Å². The predicted molar refractivity (Wildman–Crippen MR) is 523 cm³/mol. The maximum atomic E-state index is 14.3. The molecular weight excluding hydrogens is 2040 g/mol. The molecule has 4 fully saturated rings. The summed E-state index contributed by atoms with van der Waals surface area (Å²) in [4.78, 5) is 59.4. The minimum Gasteiger partial charge on any atom is -0.494 e. The van der Waals surface area contributed by atoms with E-state index in [-0.39, 0.29) is 153 Å². The monoisotopic (exact) mass is 2150 g/mol. The second-order valence-electron chi connectivity index (χ2n) is 34.8. The molecular formula is C98H109Cl2F2N13O28S4. The van der Waals surface area contributed by atoms with Gasteiger partial charge in [-0.2, -0.15) is 9.97 Å². The van der Waals surface area contributed by atoms with Gasteiger partial charge in [-0.1, -0.05) is 59.5 Å². The highest BCUT2D eigenvalue weighted by Gasteiger charge is 2.57. The molecule has 8 aromatic carbocycles. The Kier molecular flexibility index (Phi) is 38.0. The van der Waals surface area contributed by atoms with E-state index in [1.54, 1.807) is 60.7 Å². The third-order valence-electron chi connectivity index (χ3n) is 24.9. The molecule has 4 saturated heterocycles. The third kappa shape index (κ3) is 26.3. The van der Waals surface area contributed by atoms with Crippen molar-refractivity contribution in [1.29, 1.82) is 0 Å². The number of hydrogen-bond acceptors (Lipinski definition) is 37. The Balaban J connectivity index is 0.000000164. The number of hydrogen-bond donors (Lipinski definition) is 7. The average molecular weight is 2150 g/mol. The second-order valence-corrected chi connectivity index (χ2v) is 44.7. The van der Waals surface area contributed by atoms with Gasteiger partial charge < -0.3 is 60.7 Å². The van der Waals surface area contributed by atoms with Crippen LogP contribution in [-0.2, 0) is 103 Å². The minimum atomic E-state index is -4.13. The van der Waals surface area contributed by atoms with Crippen molar-refractivity contribution in [2.75, 3.05) is 105 Å². The molecule has 0 saturated carbocycles. The van der Waals surface area contributed by atoms with Crippen molar-refractivity contribution in [2.24, 2.45) is 0 Å². The number of nitrogens with zero attached hydrogens (tertiary/aromatic N) is 10. The summed E-state index contributed by atoms with van der Waals surface area (Å²) in [6, 6.07) is 47.8. The fourth-order valence-corrected chi connectivity index (χ4v) is 24.6. The summed E-state index contributed by atoms with van der Waals surface area (Å²) in [5.41, 5.74) is 8.17. The summed E-state index contributed by atoms with van der Waals surface area (Å²) in [5, 5.41) is 62.8. The molecule has 16 rings (SSSR count). The smallest absolute Gasteiger partial charge is 0.267 e. The Hall–Kier alpha value is -12.9. The highest BCUT2D eigenvalue weighted by Crippen LogP contribution is 2.42.